The van der Waals surface area contributed by atoms with Gasteiger partial charge in [-0.2, -0.15) is 0 Å². The molecule has 1 aromatic heterocycles. The first-order valence-corrected chi connectivity index (χ1v) is 11.8. The van der Waals surface area contributed by atoms with E-state index in [1.54, 1.807) is 36.4 Å². The fourth-order valence-corrected chi connectivity index (χ4v) is 5.40. The molecule has 0 unspecified atom stereocenters. The van der Waals surface area contributed by atoms with Gasteiger partial charge in [-0.05, 0) is 41.8 Å². The smallest absolute Gasteiger partial charge is 0.305 e. The van der Waals surface area contributed by atoms with Crippen LogP contribution in [0.2, 0.25) is 0 Å². The number of furan rings is 1. The van der Waals surface area contributed by atoms with Crippen LogP contribution in [0, 0.1) is 0 Å². The van der Waals surface area contributed by atoms with Crippen molar-refractivity contribution in [2.24, 2.45) is 0 Å². The molecule has 4 aromatic rings. The second-order valence-electron chi connectivity index (χ2n) is 7.51. The number of sulfonamides is 1. The molecule has 0 spiro atoms. The van der Waals surface area contributed by atoms with Gasteiger partial charge in [-0.3, -0.25) is 24.7 Å². The van der Waals surface area contributed by atoms with Crippen LogP contribution in [0.3, 0.4) is 0 Å². The Hall–Kier alpha value is -4.31. The van der Waals surface area contributed by atoms with Crippen LogP contribution in [0.1, 0.15) is 16.3 Å². The number of hydrazine groups is 1. The summed E-state index contributed by atoms with van der Waals surface area (Å²) in [6.07, 6.45) is 0. The zero-order chi connectivity index (χ0) is 23.7. The molecule has 3 aromatic carbocycles. The predicted molar refractivity (Wildman–Crippen MR) is 124 cm³/mol. The standard InChI is InChI=1S/C24H19N3O6S/c28-22(14-27-19-10-4-6-16-7-5-11-21(23(16)19)34(27,30)31)25-26-24(29)20-13-12-18(33-20)15-32-17-8-2-1-3-9-17/h1-13H,14-15H2,(H,25,28)(H,26,29). The van der Waals surface area contributed by atoms with E-state index < -0.39 is 28.4 Å². The highest BCUT2D eigenvalue weighted by atomic mass is 32.2. The summed E-state index contributed by atoms with van der Waals surface area (Å²) in [6.45, 7) is -0.368. The van der Waals surface area contributed by atoms with Gasteiger partial charge in [-0.25, -0.2) is 8.42 Å². The van der Waals surface area contributed by atoms with E-state index in [0.29, 0.717) is 22.6 Å². The number of nitrogens with zero attached hydrogens (tertiary/aromatic N) is 1. The first kappa shape index (κ1) is 21.5. The molecule has 10 heteroatoms. The largest absolute Gasteiger partial charge is 0.486 e. The molecule has 172 valence electrons. The lowest BCUT2D eigenvalue weighted by Crippen LogP contribution is -2.47. The molecule has 2 heterocycles. The van der Waals surface area contributed by atoms with Crippen LogP contribution in [-0.2, 0) is 21.4 Å². The van der Waals surface area contributed by atoms with Gasteiger partial charge in [0, 0.05) is 5.39 Å². The van der Waals surface area contributed by atoms with E-state index in [9.17, 15) is 18.0 Å². The lowest BCUT2D eigenvalue weighted by molar-refractivity contribution is -0.120. The maximum Gasteiger partial charge on any atom is 0.305 e. The second-order valence-corrected chi connectivity index (χ2v) is 9.34. The Morgan fingerprint density at radius 3 is 2.44 bits per heavy atom. The molecular formula is C24H19N3O6S. The van der Waals surface area contributed by atoms with Crippen molar-refractivity contribution in [3.05, 3.63) is 90.4 Å². The van der Waals surface area contributed by atoms with Gasteiger partial charge in [0.15, 0.2) is 5.76 Å². The summed E-state index contributed by atoms with van der Waals surface area (Å²) in [6, 6.07) is 22.3. The van der Waals surface area contributed by atoms with Crippen LogP contribution in [0.15, 0.2) is 88.2 Å². The normalized spacial score (nSPS) is 13.6. The molecule has 9 nitrogen and oxygen atoms in total. The molecule has 0 aliphatic carbocycles. The molecule has 1 aliphatic heterocycles. The number of rotatable bonds is 6. The van der Waals surface area contributed by atoms with Crippen LogP contribution < -0.4 is 19.9 Å². The molecule has 2 N–H and O–H groups in total. The number of amides is 2. The van der Waals surface area contributed by atoms with E-state index >= 15 is 0 Å². The van der Waals surface area contributed by atoms with Crippen molar-refractivity contribution in [2.75, 3.05) is 10.8 Å². The molecular weight excluding hydrogens is 458 g/mol. The Labute approximate surface area is 195 Å². The number of ether oxygens (including phenoxy) is 1. The monoisotopic (exact) mass is 477 g/mol. The summed E-state index contributed by atoms with van der Waals surface area (Å²) in [5.74, 6) is -0.339. The number of anilines is 1. The van der Waals surface area contributed by atoms with Gasteiger partial charge in [-0.15, -0.1) is 0 Å². The Kier molecular flexibility index (Phi) is 5.42. The van der Waals surface area contributed by atoms with E-state index in [-0.39, 0.29) is 17.3 Å². The number of hydrogen-bond acceptors (Lipinski definition) is 6. The summed E-state index contributed by atoms with van der Waals surface area (Å²) in [5, 5.41) is 1.34. The average molecular weight is 477 g/mol. The number of nitrogens with one attached hydrogen (secondary N) is 2. The lowest BCUT2D eigenvalue weighted by atomic mass is 10.1. The number of para-hydroxylation sites is 1. The minimum absolute atomic E-state index is 0.0297. The maximum atomic E-state index is 13.0. The van der Waals surface area contributed by atoms with Gasteiger partial charge < -0.3 is 9.15 Å². The first-order valence-electron chi connectivity index (χ1n) is 10.3. The molecule has 0 saturated heterocycles. The van der Waals surface area contributed by atoms with Crippen LogP contribution >= 0.6 is 0 Å². The van der Waals surface area contributed by atoms with Crippen molar-refractivity contribution in [1.29, 1.82) is 0 Å². The summed E-state index contributed by atoms with van der Waals surface area (Å²) in [7, 11) is -3.88. The first-order chi connectivity index (χ1) is 16.4. The van der Waals surface area contributed by atoms with Gasteiger partial charge in [0.1, 0.15) is 24.7 Å². The minimum Gasteiger partial charge on any atom is -0.486 e. The summed E-state index contributed by atoms with van der Waals surface area (Å²) < 4.78 is 38.0. The third-order valence-electron chi connectivity index (χ3n) is 5.29. The lowest BCUT2D eigenvalue weighted by Gasteiger charge is -2.18. The van der Waals surface area contributed by atoms with Gasteiger partial charge in [0.05, 0.1) is 10.6 Å². The van der Waals surface area contributed by atoms with Crippen molar-refractivity contribution < 1.29 is 27.2 Å². The van der Waals surface area contributed by atoms with E-state index in [1.165, 1.54) is 12.1 Å². The van der Waals surface area contributed by atoms with E-state index in [1.807, 2.05) is 30.3 Å². The number of benzene rings is 3. The summed E-state index contributed by atoms with van der Waals surface area (Å²) >= 11 is 0. The Morgan fingerprint density at radius 2 is 1.65 bits per heavy atom. The highest BCUT2D eigenvalue weighted by Crippen LogP contribution is 2.41. The fraction of sp³-hybridized carbons (Fsp3) is 0.0833. The average Bonchev–Trinajstić information content (AvgIpc) is 3.41. The van der Waals surface area contributed by atoms with Crippen LogP contribution in [0.5, 0.6) is 5.75 Å². The number of hydrogen-bond donors (Lipinski definition) is 2. The Balaban J connectivity index is 1.20. The molecule has 0 bridgehead atoms. The predicted octanol–water partition coefficient (Wildman–Crippen LogP) is 2.98. The highest BCUT2D eigenvalue weighted by Gasteiger charge is 2.36. The van der Waals surface area contributed by atoms with Gasteiger partial charge >= 0.3 is 5.91 Å². The van der Waals surface area contributed by atoms with Gasteiger partial charge in [0.2, 0.25) is 0 Å². The molecule has 34 heavy (non-hydrogen) atoms. The molecule has 1 aliphatic rings. The molecule has 0 radical (unpaired) electrons. The van der Waals surface area contributed by atoms with E-state index in [0.717, 1.165) is 9.69 Å². The quantitative estimate of drug-likeness (QED) is 0.412. The third kappa shape index (κ3) is 3.95. The van der Waals surface area contributed by atoms with Crippen LogP contribution in [-0.4, -0.2) is 26.8 Å². The molecule has 2 amide bonds. The van der Waals surface area contributed by atoms with E-state index in [4.69, 9.17) is 9.15 Å². The third-order valence-corrected chi connectivity index (χ3v) is 7.10. The second kappa shape index (κ2) is 8.56. The van der Waals surface area contributed by atoms with Crippen molar-refractivity contribution in [2.45, 2.75) is 11.5 Å². The summed E-state index contributed by atoms with van der Waals surface area (Å²) in [5.41, 5.74) is 4.89. The zero-order valence-corrected chi connectivity index (χ0v) is 18.5. The SMILES string of the molecule is O=C(CN1c2cccc3cccc(c23)S1(=O)=O)NNC(=O)c1ccc(COc2ccccc2)o1. The topological polar surface area (TPSA) is 118 Å². The molecule has 0 fully saturated rings. The number of carbonyl (C=O) groups is 2. The van der Waals surface area contributed by atoms with Gasteiger partial charge in [-0.1, -0.05) is 42.5 Å². The Bertz CT molecular complexity index is 1490. The van der Waals surface area contributed by atoms with Crippen molar-refractivity contribution >= 4 is 38.3 Å². The zero-order valence-electron chi connectivity index (χ0n) is 17.7. The summed E-state index contributed by atoms with van der Waals surface area (Å²) in [4.78, 5) is 25.0. The molecule has 5 rings (SSSR count). The molecule has 0 saturated carbocycles. The van der Waals surface area contributed by atoms with Crippen molar-refractivity contribution in [3.63, 3.8) is 0 Å². The van der Waals surface area contributed by atoms with E-state index in [2.05, 4.69) is 10.9 Å². The highest BCUT2D eigenvalue weighted by molar-refractivity contribution is 7.93. The fourth-order valence-electron chi connectivity index (χ4n) is 3.74. The Morgan fingerprint density at radius 1 is 0.882 bits per heavy atom. The molecule has 0 atom stereocenters. The van der Waals surface area contributed by atoms with Crippen molar-refractivity contribution in [1.82, 2.24) is 10.9 Å². The van der Waals surface area contributed by atoms with Crippen LogP contribution in [0.25, 0.3) is 10.8 Å². The van der Waals surface area contributed by atoms with Crippen molar-refractivity contribution in [3.8, 4) is 5.75 Å². The minimum atomic E-state index is -3.88. The maximum absolute atomic E-state index is 13.0. The number of carbonyl (C=O) groups excluding carboxylic acids is 2. The van der Waals surface area contributed by atoms with Crippen LogP contribution in [0.4, 0.5) is 5.69 Å². The van der Waals surface area contributed by atoms with Gasteiger partial charge in [0.25, 0.3) is 15.9 Å².